The molecule has 91 heavy (non-hydrogen) atoms. The maximum Gasteiger partial charge on any atom is 0.472 e. The molecule has 0 saturated heterocycles. The largest absolute Gasteiger partial charge is 0.472 e. The summed E-state index contributed by atoms with van der Waals surface area (Å²) in [4.78, 5) is 72.4. The van der Waals surface area contributed by atoms with E-state index in [1.807, 2.05) is 0 Å². The highest BCUT2D eigenvalue weighted by Crippen LogP contribution is 2.45. The summed E-state index contributed by atoms with van der Waals surface area (Å²) in [6.45, 7) is 11.8. The molecule has 0 spiro atoms. The lowest BCUT2D eigenvalue weighted by atomic mass is 10.0. The molecular weight excluding hydrogens is 1200 g/mol. The summed E-state index contributed by atoms with van der Waals surface area (Å²) >= 11 is 0. The van der Waals surface area contributed by atoms with E-state index in [4.69, 9.17) is 37.0 Å². The first-order chi connectivity index (χ1) is 43.7. The van der Waals surface area contributed by atoms with Crippen molar-refractivity contribution in [3.05, 3.63) is 0 Å². The van der Waals surface area contributed by atoms with Crippen molar-refractivity contribution in [2.24, 2.45) is 17.8 Å². The van der Waals surface area contributed by atoms with Crippen LogP contribution < -0.4 is 0 Å². The fraction of sp³-hybridized carbons (Fsp3) is 0.944. The zero-order valence-electron chi connectivity index (χ0n) is 59.3. The first-order valence-corrected chi connectivity index (χ1v) is 40.3. The van der Waals surface area contributed by atoms with Crippen LogP contribution >= 0.6 is 15.6 Å². The lowest BCUT2D eigenvalue weighted by Crippen LogP contribution is -2.30. The van der Waals surface area contributed by atoms with Gasteiger partial charge in [-0.3, -0.25) is 37.3 Å². The monoisotopic (exact) mass is 1340 g/mol. The number of hydrogen-bond donors (Lipinski definition) is 3. The van der Waals surface area contributed by atoms with E-state index in [9.17, 15) is 43.2 Å². The van der Waals surface area contributed by atoms with Crippen molar-refractivity contribution >= 4 is 39.5 Å². The number of phosphoric acid groups is 2. The van der Waals surface area contributed by atoms with Crippen LogP contribution in [-0.2, 0) is 65.4 Å². The maximum absolute atomic E-state index is 13.0. The zero-order valence-corrected chi connectivity index (χ0v) is 61.1. The highest BCUT2D eigenvalue weighted by Gasteiger charge is 2.30. The summed E-state index contributed by atoms with van der Waals surface area (Å²) in [7, 11) is -9.90. The normalized spacial score (nSPS) is 14.2. The molecule has 0 aliphatic rings. The van der Waals surface area contributed by atoms with E-state index >= 15 is 0 Å². The first kappa shape index (κ1) is 89.1. The van der Waals surface area contributed by atoms with Crippen LogP contribution in [0.5, 0.6) is 0 Å². The smallest absolute Gasteiger partial charge is 0.462 e. The quantitative estimate of drug-likeness (QED) is 0.0222. The molecule has 3 N–H and O–H groups in total. The summed E-state index contributed by atoms with van der Waals surface area (Å²) < 4.78 is 68.2. The Kier molecular flexibility index (Phi) is 61.5. The van der Waals surface area contributed by atoms with Crippen LogP contribution in [0.4, 0.5) is 0 Å². The lowest BCUT2D eigenvalue weighted by molar-refractivity contribution is -0.161. The molecule has 0 radical (unpaired) electrons. The van der Waals surface area contributed by atoms with Crippen molar-refractivity contribution in [2.45, 2.75) is 381 Å². The van der Waals surface area contributed by atoms with Crippen molar-refractivity contribution < 1.29 is 80.2 Å². The number of aliphatic hydroxyl groups is 1. The Labute approximate surface area is 556 Å². The summed E-state index contributed by atoms with van der Waals surface area (Å²) in [6, 6.07) is 0. The molecule has 17 nitrogen and oxygen atoms in total. The van der Waals surface area contributed by atoms with E-state index < -0.39 is 97.5 Å². The van der Waals surface area contributed by atoms with Gasteiger partial charge in [0.05, 0.1) is 26.4 Å². The van der Waals surface area contributed by atoms with E-state index in [2.05, 4.69) is 48.5 Å². The number of hydrogen-bond acceptors (Lipinski definition) is 15. The van der Waals surface area contributed by atoms with Crippen molar-refractivity contribution in [3.63, 3.8) is 0 Å². The maximum atomic E-state index is 13.0. The topological polar surface area (TPSA) is 237 Å². The van der Waals surface area contributed by atoms with Crippen LogP contribution in [0, 0.1) is 17.8 Å². The Morgan fingerprint density at radius 1 is 0.297 bits per heavy atom. The van der Waals surface area contributed by atoms with Gasteiger partial charge in [-0.2, -0.15) is 0 Å². The molecule has 2 unspecified atom stereocenters. The van der Waals surface area contributed by atoms with Gasteiger partial charge in [0, 0.05) is 25.7 Å². The molecule has 0 fully saturated rings. The van der Waals surface area contributed by atoms with Gasteiger partial charge in [0.2, 0.25) is 0 Å². The highest BCUT2D eigenvalue weighted by molar-refractivity contribution is 7.47. The molecule has 0 aromatic heterocycles. The Balaban J connectivity index is 5.16. The standard InChI is InChI=1S/C72H140O17P2/c1-8-9-10-36-46-53-69(74)82-59-67(88-71(76)56-49-42-35-29-23-17-20-26-32-39-45-52-65(6)7)61-86-90(78,79)84-57-66(73)58-85-91(80,81)87-62-68(60-83-70(75)54-47-40-33-27-21-16-15-19-25-31-38-44-51-64(4)5)89-72(77)55-48-41-34-28-22-14-12-11-13-18-24-30-37-43-50-63(2)3/h63-68,73H,8-62H2,1-7H3,(H,78,79)(H,80,81)/t66-,67+,68+/m0/s1. The van der Waals surface area contributed by atoms with Crippen LogP contribution in [0.2, 0.25) is 0 Å². The van der Waals surface area contributed by atoms with E-state index in [1.165, 1.54) is 167 Å². The molecule has 0 aliphatic heterocycles. The number of carbonyl (C=O) groups excluding carboxylic acids is 4. The second-order valence-corrected chi connectivity index (χ2v) is 30.3. The molecule has 0 rings (SSSR count). The van der Waals surface area contributed by atoms with Crippen molar-refractivity contribution in [2.75, 3.05) is 39.6 Å². The molecular formula is C72H140O17P2. The van der Waals surface area contributed by atoms with E-state index in [0.717, 1.165) is 114 Å². The number of phosphoric ester groups is 2. The average molecular weight is 1340 g/mol. The number of esters is 4. The highest BCUT2D eigenvalue weighted by atomic mass is 31.2. The predicted molar refractivity (Wildman–Crippen MR) is 368 cm³/mol. The minimum atomic E-state index is -4.95. The number of unbranched alkanes of at least 4 members (excludes halogenated alkanes) is 38. The van der Waals surface area contributed by atoms with E-state index in [0.29, 0.717) is 25.7 Å². The molecule has 0 amide bonds. The summed E-state index contributed by atoms with van der Waals surface area (Å²) in [6.07, 6.45) is 47.5. The molecule has 0 bridgehead atoms. The lowest BCUT2D eigenvalue weighted by Gasteiger charge is -2.21. The van der Waals surface area contributed by atoms with Gasteiger partial charge in [-0.25, -0.2) is 9.13 Å². The zero-order chi connectivity index (χ0) is 67.3. The average Bonchev–Trinajstić information content (AvgIpc) is 2.79. The number of carbonyl (C=O) groups is 4. The molecule has 0 aliphatic carbocycles. The molecule has 0 heterocycles. The SMILES string of the molecule is CCCCCCCC(=O)OC[C@H](COP(=O)(O)OC[C@H](O)COP(=O)(O)OC[C@@H](COC(=O)CCCCCCCCCCCCCCC(C)C)OC(=O)CCCCCCCCCCCCCCCCC(C)C)OC(=O)CCCCCCCCCCCCCC(C)C. The van der Waals surface area contributed by atoms with Crippen LogP contribution in [0.25, 0.3) is 0 Å². The summed E-state index contributed by atoms with van der Waals surface area (Å²) in [5.74, 6) is 0.209. The van der Waals surface area contributed by atoms with Gasteiger partial charge in [0.25, 0.3) is 0 Å². The molecule has 540 valence electrons. The molecule has 0 saturated carbocycles. The van der Waals surface area contributed by atoms with Gasteiger partial charge in [-0.1, -0.05) is 312 Å². The molecule has 19 heteroatoms. The van der Waals surface area contributed by atoms with Crippen LogP contribution in [-0.4, -0.2) is 96.7 Å². The molecule has 0 aromatic rings. The Hall–Kier alpha value is -1.94. The fourth-order valence-electron chi connectivity index (χ4n) is 10.9. The second-order valence-electron chi connectivity index (χ2n) is 27.4. The Bertz CT molecular complexity index is 1780. The molecule has 0 aromatic carbocycles. The first-order valence-electron chi connectivity index (χ1n) is 37.3. The minimum Gasteiger partial charge on any atom is -0.462 e. The van der Waals surface area contributed by atoms with Gasteiger partial charge in [0.1, 0.15) is 19.3 Å². The number of aliphatic hydroxyl groups excluding tert-OH is 1. The minimum absolute atomic E-state index is 0.105. The van der Waals surface area contributed by atoms with Crippen LogP contribution in [0.3, 0.4) is 0 Å². The Morgan fingerprint density at radius 2 is 0.505 bits per heavy atom. The van der Waals surface area contributed by atoms with Crippen LogP contribution in [0.1, 0.15) is 363 Å². The predicted octanol–water partition coefficient (Wildman–Crippen LogP) is 20.6. The van der Waals surface area contributed by atoms with Crippen LogP contribution in [0.15, 0.2) is 0 Å². The van der Waals surface area contributed by atoms with Gasteiger partial charge < -0.3 is 33.8 Å². The third-order valence-electron chi connectivity index (χ3n) is 16.6. The Morgan fingerprint density at radius 3 is 0.747 bits per heavy atom. The summed E-state index contributed by atoms with van der Waals surface area (Å²) in [5, 5.41) is 10.6. The number of ether oxygens (including phenoxy) is 4. The summed E-state index contributed by atoms with van der Waals surface area (Å²) in [5.41, 5.74) is 0. The van der Waals surface area contributed by atoms with E-state index in [-0.39, 0.29) is 25.7 Å². The van der Waals surface area contributed by atoms with Crippen molar-refractivity contribution in [1.29, 1.82) is 0 Å². The van der Waals surface area contributed by atoms with Gasteiger partial charge in [-0.15, -0.1) is 0 Å². The fourth-order valence-corrected chi connectivity index (χ4v) is 12.5. The van der Waals surface area contributed by atoms with E-state index in [1.54, 1.807) is 0 Å². The third kappa shape index (κ3) is 66.5. The second kappa shape index (κ2) is 62.8. The van der Waals surface area contributed by atoms with Crippen molar-refractivity contribution in [3.8, 4) is 0 Å². The van der Waals surface area contributed by atoms with Gasteiger partial charge in [-0.05, 0) is 43.4 Å². The number of rotatable bonds is 70. The third-order valence-corrected chi connectivity index (χ3v) is 18.5. The van der Waals surface area contributed by atoms with Crippen molar-refractivity contribution in [1.82, 2.24) is 0 Å². The molecule has 5 atom stereocenters. The van der Waals surface area contributed by atoms with Gasteiger partial charge >= 0.3 is 39.5 Å². The van der Waals surface area contributed by atoms with Gasteiger partial charge in [0.15, 0.2) is 12.2 Å².